The molecule has 0 amide bonds. The molecule has 1 heteroatoms. The molecule has 3 atom stereocenters. The summed E-state index contributed by atoms with van der Waals surface area (Å²) >= 11 is 0. The molecule has 18 heavy (non-hydrogen) atoms. The second kappa shape index (κ2) is 7.13. The molecule has 0 aromatic rings. The molecule has 1 nitrogen and oxygen atoms in total. The lowest BCUT2D eigenvalue weighted by Crippen LogP contribution is -2.49. The van der Waals surface area contributed by atoms with Crippen LogP contribution in [0.2, 0.25) is 0 Å². The van der Waals surface area contributed by atoms with Gasteiger partial charge in [0.2, 0.25) is 0 Å². The minimum absolute atomic E-state index is 0.126. The monoisotopic (exact) mass is 248 g/mol. The number of allylic oxidation sites excluding steroid dienone is 3. The van der Waals surface area contributed by atoms with Gasteiger partial charge in [-0.15, -0.1) is 0 Å². The van der Waals surface area contributed by atoms with Crippen molar-refractivity contribution in [2.75, 3.05) is 0 Å². The van der Waals surface area contributed by atoms with Crippen molar-refractivity contribution in [1.82, 2.24) is 0 Å². The molecular formula is C17H30N. The normalized spacial score (nSPS) is 26.6. The van der Waals surface area contributed by atoms with Gasteiger partial charge in [-0.1, -0.05) is 71.6 Å². The van der Waals surface area contributed by atoms with Crippen molar-refractivity contribution in [3.8, 4) is 0 Å². The van der Waals surface area contributed by atoms with Crippen molar-refractivity contribution in [3.05, 3.63) is 24.3 Å². The summed E-state index contributed by atoms with van der Waals surface area (Å²) in [6, 6.07) is 0.256. The summed E-state index contributed by atoms with van der Waals surface area (Å²) in [6.07, 6.45) is 15.8. The fraction of sp³-hybridized carbons (Fsp3) is 0.765. The molecule has 0 saturated heterocycles. The molecule has 0 aromatic heterocycles. The maximum absolute atomic E-state index is 6.67. The fourth-order valence-corrected chi connectivity index (χ4v) is 3.42. The van der Waals surface area contributed by atoms with E-state index < -0.39 is 0 Å². The highest BCUT2D eigenvalue weighted by atomic mass is 14.7. The molecule has 1 aliphatic rings. The van der Waals surface area contributed by atoms with Gasteiger partial charge in [0.05, 0.1) is 0 Å². The van der Waals surface area contributed by atoms with Crippen molar-refractivity contribution in [2.24, 2.45) is 23.0 Å². The van der Waals surface area contributed by atoms with Gasteiger partial charge in [-0.3, -0.25) is 0 Å². The van der Waals surface area contributed by atoms with Crippen molar-refractivity contribution >= 4 is 0 Å². The zero-order valence-electron chi connectivity index (χ0n) is 12.6. The summed E-state index contributed by atoms with van der Waals surface area (Å²) < 4.78 is 0. The molecule has 103 valence electrons. The lowest BCUT2D eigenvalue weighted by atomic mass is 9.62. The number of rotatable bonds is 7. The van der Waals surface area contributed by atoms with E-state index in [1.165, 1.54) is 25.7 Å². The topological polar surface area (TPSA) is 26.0 Å². The van der Waals surface area contributed by atoms with Gasteiger partial charge in [-0.05, 0) is 24.3 Å². The highest BCUT2D eigenvalue weighted by Gasteiger charge is 2.41. The van der Waals surface area contributed by atoms with Crippen molar-refractivity contribution < 1.29 is 0 Å². The fourth-order valence-electron chi connectivity index (χ4n) is 3.42. The molecular weight excluding hydrogens is 218 g/mol. The van der Waals surface area contributed by atoms with Crippen LogP contribution in [0.3, 0.4) is 0 Å². The lowest BCUT2D eigenvalue weighted by Gasteiger charge is -2.45. The molecule has 0 fully saturated rings. The van der Waals surface area contributed by atoms with E-state index in [0.29, 0.717) is 11.8 Å². The summed E-state index contributed by atoms with van der Waals surface area (Å²) in [5.41, 5.74) is 6.80. The highest BCUT2D eigenvalue weighted by Crippen LogP contribution is 2.44. The maximum atomic E-state index is 6.67. The number of hydrogen-bond acceptors (Lipinski definition) is 1. The van der Waals surface area contributed by atoms with Gasteiger partial charge in [-0.25, -0.2) is 0 Å². The van der Waals surface area contributed by atoms with Gasteiger partial charge in [0.25, 0.3) is 0 Å². The molecule has 0 aliphatic heterocycles. The standard InChI is InChI=1S/C17H30N/c1-5-11-14(4)17(12-9-8-10-13-17)16(18)15(6-2)7-3/h8-9,12,14-16H,5-7,11,13,18H2,1-4H3. The Morgan fingerprint density at radius 1 is 1.28 bits per heavy atom. The lowest BCUT2D eigenvalue weighted by molar-refractivity contribution is 0.135. The second-order valence-corrected chi connectivity index (χ2v) is 5.81. The Labute approximate surface area is 114 Å². The molecule has 3 unspecified atom stereocenters. The minimum atomic E-state index is 0.126. The van der Waals surface area contributed by atoms with E-state index in [0.717, 1.165) is 6.42 Å². The van der Waals surface area contributed by atoms with E-state index in [1.807, 2.05) is 6.08 Å². The Hall–Kier alpha value is -0.560. The molecule has 1 aliphatic carbocycles. The summed E-state index contributed by atoms with van der Waals surface area (Å²) in [6.45, 7) is 9.15. The molecule has 0 heterocycles. The van der Waals surface area contributed by atoms with E-state index in [1.54, 1.807) is 0 Å². The smallest absolute Gasteiger partial charge is 0.0165 e. The molecule has 1 radical (unpaired) electrons. The van der Waals surface area contributed by atoms with Gasteiger partial charge in [0.1, 0.15) is 0 Å². The summed E-state index contributed by atoms with van der Waals surface area (Å²) in [5, 5.41) is 0. The van der Waals surface area contributed by atoms with Crippen LogP contribution in [0.4, 0.5) is 0 Å². The number of nitrogens with two attached hydrogens (primary N) is 1. The van der Waals surface area contributed by atoms with Gasteiger partial charge in [0.15, 0.2) is 0 Å². The third-order valence-corrected chi connectivity index (χ3v) is 4.85. The van der Waals surface area contributed by atoms with E-state index in [-0.39, 0.29) is 11.5 Å². The van der Waals surface area contributed by atoms with E-state index in [4.69, 9.17) is 5.73 Å². The Bertz CT molecular complexity index is 288. The highest BCUT2D eigenvalue weighted by molar-refractivity contribution is 5.18. The van der Waals surface area contributed by atoms with Crippen LogP contribution in [0, 0.1) is 23.3 Å². The van der Waals surface area contributed by atoms with Crippen molar-refractivity contribution in [2.45, 2.75) is 65.8 Å². The summed E-state index contributed by atoms with van der Waals surface area (Å²) in [4.78, 5) is 0. The SMILES string of the molecule is CCCC(C)C1(C(N)C(CC)CC)C=CC=[C]C1. The molecule has 0 aromatic carbocycles. The van der Waals surface area contributed by atoms with Crippen LogP contribution in [0.1, 0.15) is 59.8 Å². The van der Waals surface area contributed by atoms with Crippen molar-refractivity contribution in [1.29, 1.82) is 0 Å². The van der Waals surface area contributed by atoms with Crippen molar-refractivity contribution in [3.63, 3.8) is 0 Å². The first-order valence-corrected chi connectivity index (χ1v) is 7.62. The Morgan fingerprint density at radius 3 is 2.39 bits per heavy atom. The predicted octanol–water partition coefficient (Wildman–Crippen LogP) is 4.49. The zero-order valence-corrected chi connectivity index (χ0v) is 12.6. The average Bonchev–Trinajstić information content (AvgIpc) is 2.41. The third-order valence-electron chi connectivity index (χ3n) is 4.85. The first-order valence-electron chi connectivity index (χ1n) is 7.62. The maximum Gasteiger partial charge on any atom is 0.0165 e. The molecule has 1 rings (SSSR count). The Kier molecular flexibility index (Phi) is 6.14. The largest absolute Gasteiger partial charge is 0.327 e. The summed E-state index contributed by atoms with van der Waals surface area (Å²) in [7, 11) is 0. The van der Waals surface area contributed by atoms with Crippen LogP contribution in [0.5, 0.6) is 0 Å². The molecule has 2 N–H and O–H groups in total. The van der Waals surface area contributed by atoms with E-state index >= 15 is 0 Å². The van der Waals surface area contributed by atoms with Gasteiger partial charge in [0, 0.05) is 11.5 Å². The van der Waals surface area contributed by atoms with Gasteiger partial charge >= 0.3 is 0 Å². The van der Waals surface area contributed by atoms with Crippen LogP contribution in [-0.2, 0) is 0 Å². The Morgan fingerprint density at radius 2 is 1.94 bits per heavy atom. The molecule has 0 saturated carbocycles. The van der Waals surface area contributed by atoms with Crippen LogP contribution >= 0.6 is 0 Å². The first kappa shape index (κ1) is 15.5. The predicted molar refractivity (Wildman–Crippen MR) is 80.1 cm³/mol. The minimum Gasteiger partial charge on any atom is -0.327 e. The quantitative estimate of drug-likeness (QED) is 0.705. The van der Waals surface area contributed by atoms with Gasteiger partial charge in [-0.2, -0.15) is 0 Å². The molecule has 0 spiro atoms. The second-order valence-electron chi connectivity index (χ2n) is 5.81. The van der Waals surface area contributed by atoms with Crippen LogP contribution < -0.4 is 5.73 Å². The van der Waals surface area contributed by atoms with E-state index in [9.17, 15) is 0 Å². The van der Waals surface area contributed by atoms with E-state index in [2.05, 4.69) is 45.9 Å². The average molecular weight is 248 g/mol. The summed E-state index contributed by atoms with van der Waals surface area (Å²) in [5.74, 6) is 1.25. The first-order chi connectivity index (χ1) is 8.62. The van der Waals surface area contributed by atoms with Crippen LogP contribution in [-0.4, -0.2) is 6.04 Å². The molecule has 0 bridgehead atoms. The van der Waals surface area contributed by atoms with Crippen LogP contribution in [0.15, 0.2) is 18.2 Å². The number of hydrogen-bond donors (Lipinski definition) is 1. The third kappa shape index (κ3) is 3.06. The van der Waals surface area contributed by atoms with Gasteiger partial charge < -0.3 is 5.73 Å². The van der Waals surface area contributed by atoms with Crippen LogP contribution in [0.25, 0.3) is 0 Å². The Balaban J connectivity index is 2.97. The zero-order chi connectivity index (χ0) is 13.6.